The van der Waals surface area contributed by atoms with Crippen molar-refractivity contribution in [3.8, 4) is 22.6 Å². The normalized spacial score (nSPS) is 16.2. The third-order valence-electron chi connectivity index (χ3n) is 10.2. The predicted molar refractivity (Wildman–Crippen MR) is 210 cm³/mol. The predicted octanol–water partition coefficient (Wildman–Crippen LogP) is 11.3. The second-order valence-electron chi connectivity index (χ2n) is 14.7. The lowest BCUT2D eigenvalue weighted by Crippen LogP contribution is -2.20. The fourth-order valence-corrected chi connectivity index (χ4v) is 7.64. The summed E-state index contributed by atoms with van der Waals surface area (Å²) in [6, 6.07) is 12.1. The lowest BCUT2D eigenvalue weighted by molar-refractivity contribution is -0.137. The van der Waals surface area contributed by atoms with Crippen molar-refractivity contribution in [3.63, 3.8) is 0 Å². The van der Waals surface area contributed by atoms with Gasteiger partial charge in [0.05, 0.1) is 33.6 Å². The summed E-state index contributed by atoms with van der Waals surface area (Å²) in [4.78, 5) is 27.7. The van der Waals surface area contributed by atoms with Gasteiger partial charge < -0.3 is 31.1 Å². The second-order valence-corrected chi connectivity index (χ2v) is 14.7. The van der Waals surface area contributed by atoms with Gasteiger partial charge in [-0.25, -0.2) is 0 Å². The van der Waals surface area contributed by atoms with E-state index in [0.717, 1.165) is 36.7 Å². The Morgan fingerprint density at radius 1 is 0.552 bits per heavy atom. The standard InChI is InChI=1S/C44H38F6N2O6/c1-19(2)31-23-15-21(5)33(39(55)35(23)25(37(53)41(31)57)17-51-29-13-9-7-11-27(29)43(45,46)47)34-22(6)16-24-32(20(3)4)42(58)38(54)26(36(24)40(34)56)18-52-30-14-10-8-12-28(30)44(48,49)50/h7-20,51-52,55-58H,1-6H3/b25-17-,26-18+. The summed E-state index contributed by atoms with van der Waals surface area (Å²) in [7, 11) is 0. The molecule has 2 aliphatic carbocycles. The number of Topliss-reactive ketones (excluding diaryl/α,β-unsaturated/α-hetero) is 2. The first kappa shape index (κ1) is 41.2. The Morgan fingerprint density at radius 3 is 1.19 bits per heavy atom. The molecule has 2 aliphatic rings. The zero-order valence-electron chi connectivity index (χ0n) is 32.0. The number of anilines is 2. The molecule has 0 saturated heterocycles. The number of aliphatic hydroxyl groups excluding tert-OH is 2. The molecular weight excluding hydrogens is 766 g/mol. The van der Waals surface area contributed by atoms with E-state index in [0.29, 0.717) is 11.1 Å². The Labute approximate surface area is 329 Å². The van der Waals surface area contributed by atoms with Crippen LogP contribution < -0.4 is 10.6 Å². The van der Waals surface area contributed by atoms with Crippen LogP contribution in [0.25, 0.3) is 33.4 Å². The SMILES string of the molecule is Cc1cc2c(c(O)c1-c1c(C)cc3c(c1O)/C(=C\Nc1ccccc1C(F)(F)F)C(=O)C(O)=C3C(C)C)/C(=C/Nc1ccccc1C(F)(F)F)C(=O)C(O)=C2C(C)C. The van der Waals surface area contributed by atoms with Crippen molar-refractivity contribution in [1.82, 2.24) is 0 Å². The van der Waals surface area contributed by atoms with Gasteiger partial charge in [-0.15, -0.1) is 0 Å². The van der Waals surface area contributed by atoms with Crippen LogP contribution in [-0.2, 0) is 21.9 Å². The quantitative estimate of drug-likeness (QED) is 0.0802. The molecule has 0 heterocycles. The number of alkyl halides is 6. The van der Waals surface area contributed by atoms with Crippen molar-refractivity contribution < 1.29 is 56.4 Å². The van der Waals surface area contributed by atoms with Gasteiger partial charge in [-0.1, -0.05) is 64.1 Å². The summed E-state index contributed by atoms with van der Waals surface area (Å²) >= 11 is 0. The number of para-hydroxylation sites is 2. The van der Waals surface area contributed by atoms with Crippen molar-refractivity contribution in [2.75, 3.05) is 10.6 Å². The number of carbonyl (C=O) groups excluding carboxylic acids is 2. The van der Waals surface area contributed by atoms with Gasteiger partial charge in [0.25, 0.3) is 0 Å². The molecule has 0 atom stereocenters. The summed E-state index contributed by atoms with van der Waals surface area (Å²) < 4.78 is 83.3. The van der Waals surface area contributed by atoms with Crippen LogP contribution in [0, 0.1) is 25.7 Å². The molecule has 0 saturated carbocycles. The number of allylic oxidation sites excluding steroid dienone is 4. The van der Waals surface area contributed by atoms with Crippen LogP contribution in [0.5, 0.6) is 11.5 Å². The van der Waals surface area contributed by atoms with E-state index < -0.39 is 92.4 Å². The number of aryl methyl sites for hydroxylation is 2. The van der Waals surface area contributed by atoms with Gasteiger partial charge in [0.1, 0.15) is 11.5 Å². The molecule has 0 aromatic heterocycles. The minimum Gasteiger partial charge on any atom is -0.507 e. The van der Waals surface area contributed by atoms with Gasteiger partial charge in [0.15, 0.2) is 11.5 Å². The second kappa shape index (κ2) is 14.8. The van der Waals surface area contributed by atoms with Crippen LogP contribution >= 0.6 is 0 Å². The summed E-state index contributed by atoms with van der Waals surface area (Å²) in [5.74, 6) is -5.56. The first-order valence-corrected chi connectivity index (χ1v) is 18.0. The molecule has 14 heteroatoms. The van der Waals surface area contributed by atoms with Crippen LogP contribution in [0.1, 0.15) is 72.2 Å². The van der Waals surface area contributed by atoms with Gasteiger partial charge >= 0.3 is 12.4 Å². The van der Waals surface area contributed by atoms with Crippen molar-refractivity contribution in [2.45, 2.75) is 53.9 Å². The van der Waals surface area contributed by atoms with Gasteiger partial charge in [-0.05, 0) is 72.2 Å². The number of ketones is 2. The molecule has 6 rings (SSSR count). The van der Waals surface area contributed by atoms with E-state index in [1.54, 1.807) is 53.7 Å². The maximum Gasteiger partial charge on any atom is 0.418 e. The first-order valence-electron chi connectivity index (χ1n) is 18.0. The monoisotopic (exact) mass is 804 g/mol. The third-order valence-corrected chi connectivity index (χ3v) is 10.2. The van der Waals surface area contributed by atoms with E-state index in [2.05, 4.69) is 10.6 Å². The fraction of sp³-hybridized carbons (Fsp3) is 0.227. The molecule has 58 heavy (non-hydrogen) atoms. The maximum absolute atomic E-state index is 13.9. The summed E-state index contributed by atoms with van der Waals surface area (Å²) in [5.41, 5.74) is -2.89. The molecule has 0 radical (unpaired) electrons. The number of nitrogens with one attached hydrogen (secondary N) is 2. The number of phenols is 2. The van der Waals surface area contributed by atoms with Crippen LogP contribution in [-0.4, -0.2) is 32.0 Å². The number of carbonyl (C=O) groups is 2. The minimum absolute atomic E-state index is 0.0533. The van der Waals surface area contributed by atoms with Crippen molar-refractivity contribution in [1.29, 1.82) is 0 Å². The third kappa shape index (κ3) is 6.96. The Kier molecular flexibility index (Phi) is 10.5. The van der Waals surface area contributed by atoms with Crippen molar-refractivity contribution in [3.05, 3.63) is 129 Å². The Balaban J connectivity index is 1.63. The topological polar surface area (TPSA) is 139 Å². The summed E-state index contributed by atoms with van der Waals surface area (Å²) in [6.07, 6.45) is -7.65. The highest BCUT2D eigenvalue weighted by atomic mass is 19.4. The van der Waals surface area contributed by atoms with Gasteiger partial charge in [0, 0.05) is 45.8 Å². The van der Waals surface area contributed by atoms with Gasteiger partial charge in [0.2, 0.25) is 11.6 Å². The van der Waals surface area contributed by atoms with E-state index in [-0.39, 0.29) is 44.5 Å². The smallest absolute Gasteiger partial charge is 0.418 e. The lowest BCUT2D eigenvalue weighted by Gasteiger charge is -2.29. The number of rotatable bonds is 7. The number of hydrogen-bond acceptors (Lipinski definition) is 8. The number of fused-ring (bicyclic) bond motifs is 2. The van der Waals surface area contributed by atoms with Crippen LogP contribution in [0.15, 0.2) is 84.6 Å². The van der Waals surface area contributed by atoms with E-state index in [1.165, 1.54) is 24.3 Å². The maximum atomic E-state index is 13.9. The molecule has 0 spiro atoms. The average molecular weight is 805 g/mol. The molecule has 0 fully saturated rings. The molecular formula is C44H38F6N2O6. The lowest BCUT2D eigenvalue weighted by atomic mass is 9.75. The molecule has 302 valence electrons. The Morgan fingerprint density at radius 2 is 0.879 bits per heavy atom. The summed E-state index contributed by atoms with van der Waals surface area (Å²) in [6.45, 7) is 9.91. The number of aliphatic hydroxyl groups is 2. The van der Waals surface area contributed by atoms with E-state index in [4.69, 9.17) is 0 Å². The molecule has 8 nitrogen and oxygen atoms in total. The molecule has 0 aliphatic heterocycles. The zero-order chi connectivity index (χ0) is 42.8. The zero-order valence-corrected chi connectivity index (χ0v) is 32.0. The number of halogens is 6. The summed E-state index contributed by atoms with van der Waals surface area (Å²) in [5, 5.41) is 51.9. The number of benzene rings is 4. The highest BCUT2D eigenvalue weighted by Gasteiger charge is 2.40. The molecule has 6 N–H and O–H groups in total. The van der Waals surface area contributed by atoms with Crippen LogP contribution in [0.3, 0.4) is 0 Å². The van der Waals surface area contributed by atoms with Gasteiger partial charge in [-0.3, -0.25) is 9.59 Å². The Hall–Kier alpha value is -6.44. The number of aromatic hydroxyl groups is 2. The Bertz CT molecular complexity index is 2370. The molecule has 0 unspecified atom stereocenters. The number of phenolic OH excluding ortho intramolecular Hbond substituents is 2. The molecule has 4 aromatic rings. The average Bonchev–Trinajstić information content (AvgIpc) is 3.13. The van der Waals surface area contributed by atoms with Crippen LogP contribution in [0.4, 0.5) is 37.7 Å². The largest absolute Gasteiger partial charge is 0.507 e. The molecule has 0 amide bonds. The van der Waals surface area contributed by atoms with E-state index in [1.807, 2.05) is 0 Å². The van der Waals surface area contributed by atoms with Gasteiger partial charge in [-0.2, -0.15) is 26.3 Å². The first-order chi connectivity index (χ1) is 27.1. The molecule has 4 aromatic carbocycles. The van der Waals surface area contributed by atoms with E-state index >= 15 is 0 Å². The number of hydrogen-bond donors (Lipinski definition) is 6. The fourth-order valence-electron chi connectivity index (χ4n) is 7.64. The highest BCUT2D eigenvalue weighted by Crippen LogP contribution is 2.54. The highest BCUT2D eigenvalue weighted by molar-refractivity contribution is 6.35. The van der Waals surface area contributed by atoms with Crippen LogP contribution in [0.2, 0.25) is 0 Å². The van der Waals surface area contributed by atoms with Crippen molar-refractivity contribution in [2.24, 2.45) is 11.8 Å². The minimum atomic E-state index is -4.77. The van der Waals surface area contributed by atoms with Crippen molar-refractivity contribution >= 4 is 45.2 Å². The molecule has 0 bridgehead atoms. The van der Waals surface area contributed by atoms with E-state index in [9.17, 15) is 56.4 Å².